The number of likely N-dealkylation sites (N-methyl/N-ethyl adjacent to an activating group) is 1. The van der Waals surface area contributed by atoms with Gasteiger partial charge in [-0.1, -0.05) is 18.2 Å². The summed E-state index contributed by atoms with van der Waals surface area (Å²) in [6, 6.07) is 9.54. The predicted molar refractivity (Wildman–Crippen MR) is 59.2 cm³/mol. The topological polar surface area (TPSA) is 40.5 Å². The first-order valence-electron chi connectivity index (χ1n) is 4.26. The van der Waals surface area contributed by atoms with Crippen molar-refractivity contribution in [2.45, 2.75) is 6.92 Å². The quantitative estimate of drug-likeness (QED) is 0.836. The molecule has 0 bridgehead atoms. The highest BCUT2D eigenvalue weighted by atomic mass is 35.5. The molecule has 0 atom stereocenters. The fraction of sp³-hybridized carbons (Fsp3) is 0.300. The molecule has 0 unspecified atom stereocenters. The zero-order valence-corrected chi connectivity index (χ0v) is 8.83. The van der Waals surface area contributed by atoms with Crippen LogP contribution < -0.4 is 4.90 Å². The normalized spacial score (nSPS) is 8.93. The average molecular weight is 216 g/mol. The lowest BCUT2D eigenvalue weighted by Crippen LogP contribution is -2.29. The van der Waals surface area contributed by atoms with Gasteiger partial charge in [-0.3, -0.25) is 4.79 Å². The molecule has 0 aliphatic heterocycles. The highest BCUT2D eigenvalue weighted by molar-refractivity contribution is 5.85. The van der Waals surface area contributed by atoms with Gasteiger partial charge in [-0.15, -0.1) is 12.4 Å². The molecule has 0 spiro atoms. The van der Waals surface area contributed by atoms with Crippen LogP contribution in [0.25, 0.3) is 0 Å². The Bertz CT molecular complexity index is 277. The third kappa shape index (κ3) is 3.66. The van der Waals surface area contributed by atoms with E-state index < -0.39 is 5.97 Å². The summed E-state index contributed by atoms with van der Waals surface area (Å²) in [4.78, 5) is 12.3. The molecule has 0 saturated carbocycles. The van der Waals surface area contributed by atoms with Crippen LogP contribution in [0.15, 0.2) is 30.3 Å². The minimum atomic E-state index is -0.800. The highest BCUT2D eigenvalue weighted by Crippen LogP contribution is 2.11. The highest BCUT2D eigenvalue weighted by Gasteiger charge is 2.06. The molecule has 1 aromatic carbocycles. The standard InChI is InChI=1S/C10H13NO2.ClH/c1-2-11(8-10(12)13)9-6-4-3-5-7-9;/h3-7H,2,8H2,1H3,(H,12,13);1H. The first-order valence-corrected chi connectivity index (χ1v) is 4.26. The van der Waals surface area contributed by atoms with Gasteiger partial charge >= 0.3 is 5.97 Å². The minimum absolute atomic E-state index is 0. The van der Waals surface area contributed by atoms with Gasteiger partial charge in [-0.2, -0.15) is 0 Å². The lowest BCUT2D eigenvalue weighted by atomic mass is 10.3. The molecule has 0 aromatic heterocycles. The number of carboxylic acids is 1. The van der Waals surface area contributed by atoms with Crippen LogP contribution in [0.1, 0.15) is 6.92 Å². The van der Waals surface area contributed by atoms with Gasteiger partial charge in [0.25, 0.3) is 0 Å². The third-order valence-corrected chi connectivity index (χ3v) is 1.83. The molecular formula is C10H14ClNO2. The monoisotopic (exact) mass is 215 g/mol. The number of halogens is 1. The van der Waals surface area contributed by atoms with Crippen molar-refractivity contribution >= 4 is 24.1 Å². The van der Waals surface area contributed by atoms with Crippen LogP contribution >= 0.6 is 12.4 Å². The number of carboxylic acid groups (broad SMARTS) is 1. The molecule has 1 rings (SSSR count). The second-order valence-electron chi connectivity index (χ2n) is 2.74. The van der Waals surface area contributed by atoms with E-state index in [-0.39, 0.29) is 19.0 Å². The molecule has 4 heteroatoms. The van der Waals surface area contributed by atoms with E-state index in [2.05, 4.69) is 0 Å². The SMILES string of the molecule is CCN(CC(=O)O)c1ccccc1.Cl. The third-order valence-electron chi connectivity index (χ3n) is 1.83. The number of para-hydroxylation sites is 1. The summed E-state index contributed by atoms with van der Waals surface area (Å²) in [7, 11) is 0. The van der Waals surface area contributed by atoms with E-state index in [1.54, 1.807) is 0 Å². The van der Waals surface area contributed by atoms with Crippen molar-refractivity contribution < 1.29 is 9.90 Å². The number of anilines is 1. The maximum Gasteiger partial charge on any atom is 0.323 e. The van der Waals surface area contributed by atoms with Gasteiger partial charge in [0, 0.05) is 12.2 Å². The van der Waals surface area contributed by atoms with Crippen molar-refractivity contribution in [3.63, 3.8) is 0 Å². The predicted octanol–water partition coefficient (Wildman–Crippen LogP) is 2.02. The molecule has 78 valence electrons. The van der Waals surface area contributed by atoms with E-state index in [4.69, 9.17) is 5.11 Å². The van der Waals surface area contributed by atoms with Crippen molar-refractivity contribution in [2.24, 2.45) is 0 Å². The van der Waals surface area contributed by atoms with Crippen LogP contribution in [0.3, 0.4) is 0 Å². The van der Waals surface area contributed by atoms with Crippen LogP contribution in [0.4, 0.5) is 5.69 Å². The largest absolute Gasteiger partial charge is 0.480 e. The van der Waals surface area contributed by atoms with E-state index in [1.165, 1.54) is 0 Å². The Morgan fingerprint density at radius 3 is 2.36 bits per heavy atom. The summed E-state index contributed by atoms with van der Waals surface area (Å²) >= 11 is 0. The molecule has 0 saturated heterocycles. The number of carbonyl (C=O) groups is 1. The summed E-state index contributed by atoms with van der Waals surface area (Å²) in [6.07, 6.45) is 0. The molecule has 0 fully saturated rings. The van der Waals surface area contributed by atoms with Crippen LogP contribution in [0.2, 0.25) is 0 Å². The number of benzene rings is 1. The molecule has 14 heavy (non-hydrogen) atoms. The first-order chi connectivity index (χ1) is 6.24. The van der Waals surface area contributed by atoms with Gasteiger partial charge < -0.3 is 10.0 Å². The fourth-order valence-electron chi connectivity index (χ4n) is 1.19. The molecule has 0 heterocycles. The second-order valence-corrected chi connectivity index (χ2v) is 2.74. The molecule has 0 aliphatic carbocycles. The zero-order valence-electron chi connectivity index (χ0n) is 8.01. The van der Waals surface area contributed by atoms with Gasteiger partial charge in [-0.25, -0.2) is 0 Å². The molecular weight excluding hydrogens is 202 g/mol. The molecule has 0 aliphatic rings. The van der Waals surface area contributed by atoms with Crippen molar-refractivity contribution in [3.05, 3.63) is 30.3 Å². The van der Waals surface area contributed by atoms with Crippen molar-refractivity contribution in [1.82, 2.24) is 0 Å². The number of hydrogen-bond donors (Lipinski definition) is 1. The number of hydrogen-bond acceptors (Lipinski definition) is 2. The van der Waals surface area contributed by atoms with E-state index >= 15 is 0 Å². The van der Waals surface area contributed by atoms with Gasteiger partial charge in [-0.05, 0) is 19.1 Å². The lowest BCUT2D eigenvalue weighted by Gasteiger charge is -2.20. The maximum atomic E-state index is 10.5. The lowest BCUT2D eigenvalue weighted by molar-refractivity contribution is -0.135. The Balaban J connectivity index is 0.00000169. The molecule has 3 nitrogen and oxygen atoms in total. The van der Waals surface area contributed by atoms with Gasteiger partial charge in [0.15, 0.2) is 0 Å². The van der Waals surface area contributed by atoms with Gasteiger partial charge in [0.2, 0.25) is 0 Å². The number of rotatable bonds is 4. The van der Waals surface area contributed by atoms with E-state index in [9.17, 15) is 4.79 Å². The van der Waals surface area contributed by atoms with Gasteiger partial charge in [0.05, 0.1) is 0 Å². The zero-order chi connectivity index (χ0) is 9.68. The summed E-state index contributed by atoms with van der Waals surface area (Å²) in [5.41, 5.74) is 0.951. The summed E-state index contributed by atoms with van der Waals surface area (Å²) < 4.78 is 0. The minimum Gasteiger partial charge on any atom is -0.480 e. The summed E-state index contributed by atoms with van der Waals surface area (Å²) in [5, 5.41) is 8.63. The first kappa shape index (κ1) is 12.8. The van der Waals surface area contributed by atoms with Crippen LogP contribution in [-0.2, 0) is 4.79 Å². The fourth-order valence-corrected chi connectivity index (χ4v) is 1.19. The Labute approximate surface area is 89.8 Å². The van der Waals surface area contributed by atoms with E-state index in [0.29, 0.717) is 6.54 Å². The average Bonchev–Trinajstić information content (AvgIpc) is 2.15. The Kier molecular flexibility index (Phi) is 5.72. The smallest absolute Gasteiger partial charge is 0.323 e. The van der Waals surface area contributed by atoms with Crippen LogP contribution in [-0.4, -0.2) is 24.2 Å². The van der Waals surface area contributed by atoms with Gasteiger partial charge in [0.1, 0.15) is 6.54 Å². The van der Waals surface area contributed by atoms with Crippen LogP contribution in [0.5, 0.6) is 0 Å². The summed E-state index contributed by atoms with van der Waals surface area (Å²) in [6.45, 7) is 2.70. The molecule has 0 radical (unpaired) electrons. The summed E-state index contributed by atoms with van der Waals surface area (Å²) in [5.74, 6) is -0.800. The number of nitrogens with zero attached hydrogens (tertiary/aromatic N) is 1. The van der Waals surface area contributed by atoms with Crippen LogP contribution in [0, 0.1) is 0 Å². The van der Waals surface area contributed by atoms with Crippen molar-refractivity contribution in [1.29, 1.82) is 0 Å². The Hall–Kier alpha value is -1.22. The molecule has 1 aromatic rings. The van der Waals surface area contributed by atoms with E-state index in [1.807, 2.05) is 42.2 Å². The second kappa shape index (κ2) is 6.27. The van der Waals surface area contributed by atoms with Crippen molar-refractivity contribution in [3.8, 4) is 0 Å². The maximum absolute atomic E-state index is 10.5. The van der Waals surface area contributed by atoms with E-state index in [0.717, 1.165) is 5.69 Å². The van der Waals surface area contributed by atoms with Crippen molar-refractivity contribution in [2.75, 3.05) is 18.0 Å². The molecule has 0 amide bonds. The number of aliphatic carboxylic acids is 1. The molecule has 1 N–H and O–H groups in total. The Morgan fingerprint density at radius 1 is 1.36 bits per heavy atom. The Morgan fingerprint density at radius 2 is 1.93 bits per heavy atom.